The third kappa shape index (κ3) is 5.02. The molecule has 1 saturated carbocycles. The predicted octanol–water partition coefficient (Wildman–Crippen LogP) is 3.59. The molecular formula is C21H19F9O7S. The summed E-state index contributed by atoms with van der Waals surface area (Å²) in [5, 5.41) is -5.87. The molecule has 7 nitrogen and oxygen atoms in total. The average Bonchev–Trinajstić information content (AvgIpc) is 3.53. The number of sulfone groups is 1. The molecule has 0 N–H and O–H groups in total. The first-order valence-electron chi connectivity index (χ1n) is 11.1. The molecule has 5 aliphatic rings. The summed E-state index contributed by atoms with van der Waals surface area (Å²) in [5.41, 5.74) is -1.59. The van der Waals surface area contributed by atoms with E-state index >= 15 is 0 Å². The van der Waals surface area contributed by atoms with Gasteiger partial charge in [0.05, 0.1) is 17.3 Å². The number of rotatable bonds is 4. The molecule has 4 bridgehead atoms. The van der Waals surface area contributed by atoms with E-state index < -0.39 is 92.6 Å². The van der Waals surface area contributed by atoms with Crippen molar-refractivity contribution in [1.29, 1.82) is 0 Å². The van der Waals surface area contributed by atoms with Crippen LogP contribution in [0.3, 0.4) is 0 Å². The van der Waals surface area contributed by atoms with Crippen molar-refractivity contribution < 1.29 is 71.7 Å². The Balaban J connectivity index is 0.000000177. The number of esters is 2. The van der Waals surface area contributed by atoms with Crippen LogP contribution < -0.4 is 0 Å². The highest BCUT2D eigenvalue weighted by molar-refractivity contribution is 7.92. The molecule has 8 unspecified atom stereocenters. The van der Waals surface area contributed by atoms with Crippen molar-refractivity contribution in [3.8, 4) is 0 Å². The van der Waals surface area contributed by atoms with Gasteiger partial charge in [-0.25, -0.2) is 13.2 Å². The van der Waals surface area contributed by atoms with E-state index in [0.717, 1.165) is 0 Å². The monoisotopic (exact) mass is 586 g/mol. The molecule has 4 fully saturated rings. The summed E-state index contributed by atoms with van der Waals surface area (Å²) in [6.07, 6.45) is -15.9. The highest BCUT2D eigenvalue weighted by Crippen LogP contribution is 2.49. The molecule has 38 heavy (non-hydrogen) atoms. The molecule has 0 radical (unpaired) electrons. The maximum Gasteiger partial charge on any atom is 0.422 e. The van der Waals surface area contributed by atoms with E-state index in [4.69, 9.17) is 14.2 Å². The first-order valence-corrected chi connectivity index (χ1v) is 12.7. The number of ether oxygens (including phenoxy) is 3. The summed E-state index contributed by atoms with van der Waals surface area (Å²) in [6, 6.07) is 0. The lowest BCUT2D eigenvalue weighted by atomic mass is 9.88. The third-order valence-corrected chi connectivity index (χ3v) is 9.76. The lowest BCUT2D eigenvalue weighted by Crippen LogP contribution is -2.52. The summed E-state index contributed by atoms with van der Waals surface area (Å²) < 4.78 is 150. The quantitative estimate of drug-likeness (QED) is 0.215. The fourth-order valence-corrected chi connectivity index (χ4v) is 7.83. The Hall–Kier alpha value is -2.30. The van der Waals surface area contributed by atoms with Crippen LogP contribution in [0.25, 0.3) is 0 Å². The van der Waals surface area contributed by atoms with Crippen molar-refractivity contribution in [3.05, 3.63) is 24.3 Å². The normalized spacial score (nSPS) is 35.4. The first-order chi connectivity index (χ1) is 17.2. The zero-order valence-electron chi connectivity index (χ0n) is 18.8. The standard InChI is InChI=1S/C11H9F3O5.C10H10F6O2S/c1-3(11(12,13)14)9(15)18-7-5-2-4-6(17-5)8(7)19-10(4)16;11-9(12,13)8(10(14,15)16)19(17,18)7-4-5-1-2-6(7)3-5/h4-8H,1-2H2;1-2,5-8H,3-4H2. The maximum absolute atomic E-state index is 12.5. The molecule has 0 amide bonds. The van der Waals surface area contributed by atoms with Crippen LogP contribution in [0.5, 0.6) is 0 Å². The Kier molecular flexibility index (Phi) is 6.90. The molecule has 3 heterocycles. The summed E-state index contributed by atoms with van der Waals surface area (Å²) in [6.45, 7) is 2.66. The van der Waals surface area contributed by atoms with Crippen molar-refractivity contribution in [3.63, 3.8) is 0 Å². The molecule has 3 aliphatic heterocycles. The van der Waals surface area contributed by atoms with Crippen molar-refractivity contribution in [1.82, 2.24) is 0 Å². The molecule has 0 aromatic heterocycles. The molecule has 0 aromatic rings. The van der Waals surface area contributed by atoms with Crippen molar-refractivity contribution in [2.24, 2.45) is 17.8 Å². The van der Waals surface area contributed by atoms with Gasteiger partial charge >= 0.3 is 30.5 Å². The van der Waals surface area contributed by atoms with E-state index in [1.807, 2.05) is 0 Å². The number of halogens is 9. The summed E-state index contributed by atoms with van der Waals surface area (Å²) in [7, 11) is -5.35. The second kappa shape index (κ2) is 9.13. The third-order valence-electron chi connectivity index (χ3n) is 7.18. The van der Waals surface area contributed by atoms with E-state index in [-0.39, 0.29) is 12.3 Å². The van der Waals surface area contributed by atoms with E-state index in [1.54, 1.807) is 6.08 Å². The number of hydrogen-bond acceptors (Lipinski definition) is 7. The lowest BCUT2D eigenvalue weighted by Gasteiger charge is -2.28. The van der Waals surface area contributed by atoms with Gasteiger partial charge in [-0.3, -0.25) is 4.79 Å². The molecule has 3 saturated heterocycles. The van der Waals surface area contributed by atoms with E-state index in [0.29, 0.717) is 12.8 Å². The molecule has 214 valence electrons. The first kappa shape index (κ1) is 28.7. The Morgan fingerprint density at radius 1 is 0.974 bits per heavy atom. The number of fused-ring (bicyclic) bond motifs is 3. The van der Waals surface area contributed by atoms with Gasteiger partial charge in [0.2, 0.25) is 0 Å². The van der Waals surface area contributed by atoms with Crippen molar-refractivity contribution in [2.75, 3.05) is 0 Å². The van der Waals surface area contributed by atoms with E-state index in [9.17, 15) is 57.5 Å². The van der Waals surface area contributed by atoms with Crippen LogP contribution in [0.4, 0.5) is 39.5 Å². The van der Waals surface area contributed by atoms with Crippen molar-refractivity contribution >= 4 is 21.8 Å². The Bertz CT molecular complexity index is 1130. The molecule has 2 aliphatic carbocycles. The number of alkyl halides is 9. The molecule has 8 atom stereocenters. The second-order valence-corrected chi connectivity index (χ2v) is 11.9. The van der Waals surface area contributed by atoms with E-state index in [1.165, 1.54) is 6.08 Å². The van der Waals surface area contributed by atoms with Gasteiger partial charge < -0.3 is 14.2 Å². The average molecular weight is 586 g/mol. The van der Waals surface area contributed by atoms with Gasteiger partial charge in [0.25, 0.3) is 5.25 Å². The topological polar surface area (TPSA) is 96.0 Å². The minimum atomic E-state index is -5.84. The van der Waals surface area contributed by atoms with Crippen LogP contribution in [-0.4, -0.2) is 73.8 Å². The van der Waals surface area contributed by atoms with Crippen LogP contribution in [0, 0.1) is 17.8 Å². The predicted molar refractivity (Wildman–Crippen MR) is 106 cm³/mol. The molecule has 5 rings (SSSR count). The van der Waals surface area contributed by atoms with Crippen LogP contribution in [0.2, 0.25) is 0 Å². The largest absolute Gasteiger partial charge is 0.455 e. The van der Waals surface area contributed by atoms with Gasteiger partial charge in [0.1, 0.15) is 11.7 Å². The minimum Gasteiger partial charge on any atom is -0.455 e. The van der Waals surface area contributed by atoms with E-state index in [2.05, 4.69) is 6.58 Å². The highest BCUT2D eigenvalue weighted by atomic mass is 32.2. The lowest BCUT2D eigenvalue weighted by molar-refractivity contribution is -0.226. The van der Waals surface area contributed by atoms with Gasteiger partial charge in [0, 0.05) is 0 Å². The fraction of sp³-hybridized carbons (Fsp3) is 0.714. The van der Waals surface area contributed by atoms with Gasteiger partial charge in [-0.1, -0.05) is 18.7 Å². The number of allylic oxidation sites excluding steroid dienone is 2. The Morgan fingerprint density at radius 3 is 2.05 bits per heavy atom. The molecule has 17 heteroatoms. The zero-order valence-corrected chi connectivity index (χ0v) is 19.7. The van der Waals surface area contributed by atoms with Gasteiger partial charge in [0.15, 0.2) is 22.0 Å². The zero-order chi connectivity index (χ0) is 28.6. The summed E-state index contributed by atoms with van der Waals surface area (Å²) in [4.78, 5) is 22.7. The number of carbonyl (C=O) groups is 2. The molecule has 0 aromatic carbocycles. The van der Waals surface area contributed by atoms with Gasteiger partial charge in [-0.15, -0.1) is 0 Å². The van der Waals surface area contributed by atoms with Crippen LogP contribution >= 0.6 is 0 Å². The number of carbonyl (C=O) groups excluding carboxylic acids is 2. The minimum absolute atomic E-state index is 0.161. The Labute approximate surface area is 208 Å². The molecule has 0 spiro atoms. The van der Waals surface area contributed by atoms with Crippen LogP contribution in [0.15, 0.2) is 24.3 Å². The highest BCUT2D eigenvalue weighted by Gasteiger charge is 2.67. The fourth-order valence-electron chi connectivity index (χ4n) is 5.53. The second-order valence-electron chi connectivity index (χ2n) is 9.60. The number of hydrogen-bond donors (Lipinski definition) is 0. The van der Waals surface area contributed by atoms with Crippen LogP contribution in [0.1, 0.15) is 19.3 Å². The van der Waals surface area contributed by atoms with Crippen LogP contribution in [-0.2, 0) is 33.6 Å². The Morgan fingerprint density at radius 2 is 1.58 bits per heavy atom. The summed E-state index contributed by atoms with van der Waals surface area (Å²) >= 11 is 0. The molecular weight excluding hydrogens is 567 g/mol. The SMILES string of the molecule is C=C(C(=O)OC1C2CC3C(=O)OC1C3O2)C(F)(F)F.O=S(=O)(C1CC2C=CC1C2)C(C(F)(F)F)C(F)(F)F. The maximum atomic E-state index is 12.5. The smallest absolute Gasteiger partial charge is 0.422 e. The van der Waals surface area contributed by atoms with Crippen molar-refractivity contribution in [2.45, 2.75) is 72.7 Å². The van der Waals surface area contributed by atoms with Gasteiger partial charge in [-0.05, 0) is 31.1 Å². The van der Waals surface area contributed by atoms with Gasteiger partial charge in [-0.2, -0.15) is 39.5 Å². The summed E-state index contributed by atoms with van der Waals surface area (Å²) in [5.74, 6) is -3.37.